The molecule has 0 saturated heterocycles. The molecule has 3 heteroatoms. The van der Waals surface area contributed by atoms with E-state index in [1.807, 2.05) is 0 Å². The molecule has 0 aromatic heterocycles. The number of anilines is 6. The summed E-state index contributed by atoms with van der Waals surface area (Å²) in [4.78, 5) is 4.73. The summed E-state index contributed by atoms with van der Waals surface area (Å²) in [5.41, 5.74) is 17.7. The Morgan fingerprint density at radius 1 is 0.309 bits per heavy atom. The van der Waals surface area contributed by atoms with Gasteiger partial charge in [-0.3, -0.25) is 0 Å². The van der Waals surface area contributed by atoms with Gasteiger partial charge in [0.15, 0.2) is 5.75 Å². The third-order valence-electron chi connectivity index (χ3n) is 13.9. The molecule has 1 aliphatic carbocycles. The van der Waals surface area contributed by atoms with E-state index < -0.39 is 5.41 Å². The Balaban J connectivity index is 1.02. The number of fused-ring (bicyclic) bond motifs is 5. The number of ether oxygens (including phenoxy) is 1. The largest absolute Gasteiger partial charge is 0.454 e. The Morgan fingerprint density at radius 2 is 0.809 bits per heavy atom. The summed E-state index contributed by atoms with van der Waals surface area (Å²) in [7, 11) is 0. The predicted octanol–water partition coefficient (Wildman–Crippen LogP) is 17.6. The molecule has 0 N–H and O–H groups in total. The normalized spacial score (nSPS) is 12.6. The maximum atomic E-state index is 7.31. The third kappa shape index (κ3) is 6.21. The van der Waals surface area contributed by atoms with Crippen LogP contribution in [0.4, 0.5) is 34.1 Å². The number of benzene rings is 11. The van der Waals surface area contributed by atoms with Gasteiger partial charge in [-0.2, -0.15) is 0 Å². The average molecular weight is 869 g/mol. The molecule has 1 heterocycles. The van der Waals surface area contributed by atoms with Crippen molar-refractivity contribution in [3.8, 4) is 44.9 Å². The molecule has 2 aliphatic rings. The van der Waals surface area contributed by atoms with Gasteiger partial charge < -0.3 is 14.5 Å². The topological polar surface area (TPSA) is 15.7 Å². The molecular weight excluding hydrogens is 825 g/mol. The molecule has 0 atom stereocenters. The molecule has 11 aromatic carbocycles. The van der Waals surface area contributed by atoms with Gasteiger partial charge in [0.2, 0.25) is 0 Å². The van der Waals surface area contributed by atoms with Gasteiger partial charge in [0.1, 0.15) is 5.75 Å². The van der Waals surface area contributed by atoms with Crippen molar-refractivity contribution >= 4 is 44.9 Å². The lowest BCUT2D eigenvalue weighted by Gasteiger charge is -2.35. The molecular formula is C65H44N2O. The van der Waals surface area contributed by atoms with Crippen LogP contribution in [0.15, 0.2) is 267 Å². The minimum Gasteiger partial charge on any atom is -0.454 e. The van der Waals surface area contributed by atoms with E-state index in [0.29, 0.717) is 0 Å². The summed E-state index contributed by atoms with van der Waals surface area (Å²) >= 11 is 0. The Kier molecular flexibility index (Phi) is 9.40. The SMILES string of the molecule is c1ccc(-c2ccc(N(c3ccc4c(c3)C(c3ccccc3)(c3ccccc3)c3ccccc3-4)c3cccc4c3Oc3ccc(N(c5ccccc5)c5ccccc5)c5cccc-4c35)cc2)cc1. The number of hydrogen-bond donors (Lipinski definition) is 0. The standard InChI is InChI=1S/C65H44N2O/c1-6-20-45(21-7-1)46-36-38-51(39-37-46)67(52-40-41-54-53-30-16-17-34-58(53)65(59(54)44-52,47-22-8-2-9-23-47)48-24-10-3-11-25-48)61-35-19-32-56-55-31-18-33-57-60(42-43-62(63(55)57)68-64(56)61)66(49-26-12-4-13-27-49)50-28-14-5-15-29-50/h1-44H. The minimum absolute atomic E-state index is 0.556. The molecule has 68 heavy (non-hydrogen) atoms. The van der Waals surface area contributed by atoms with Crippen molar-refractivity contribution in [3.63, 3.8) is 0 Å². The van der Waals surface area contributed by atoms with E-state index in [-0.39, 0.29) is 0 Å². The van der Waals surface area contributed by atoms with E-state index in [9.17, 15) is 0 Å². The molecule has 0 unspecified atom stereocenters. The zero-order valence-corrected chi connectivity index (χ0v) is 37.2. The van der Waals surface area contributed by atoms with Gasteiger partial charge >= 0.3 is 0 Å². The first-order chi connectivity index (χ1) is 33.8. The van der Waals surface area contributed by atoms with Crippen LogP contribution in [0.1, 0.15) is 22.3 Å². The number of rotatable bonds is 9. The van der Waals surface area contributed by atoms with Gasteiger partial charge in [0.25, 0.3) is 0 Å². The predicted molar refractivity (Wildman–Crippen MR) is 282 cm³/mol. The third-order valence-corrected chi connectivity index (χ3v) is 13.9. The summed E-state index contributed by atoms with van der Waals surface area (Å²) in [6.45, 7) is 0. The lowest BCUT2D eigenvalue weighted by molar-refractivity contribution is 0.488. The van der Waals surface area contributed by atoms with Crippen LogP contribution in [-0.2, 0) is 5.41 Å². The van der Waals surface area contributed by atoms with Crippen LogP contribution in [0.25, 0.3) is 44.2 Å². The fraction of sp³-hybridized carbons (Fsp3) is 0.0154. The molecule has 11 aromatic rings. The van der Waals surface area contributed by atoms with Crippen molar-refractivity contribution in [2.75, 3.05) is 9.80 Å². The Hall–Kier alpha value is -8.92. The summed E-state index contributed by atoms with van der Waals surface area (Å²) < 4.78 is 7.31. The van der Waals surface area contributed by atoms with Crippen LogP contribution in [0.5, 0.6) is 11.5 Å². The van der Waals surface area contributed by atoms with Crippen LogP contribution in [0.2, 0.25) is 0 Å². The molecule has 0 saturated carbocycles. The van der Waals surface area contributed by atoms with E-state index in [1.54, 1.807) is 0 Å². The maximum Gasteiger partial charge on any atom is 0.159 e. The first-order valence-electron chi connectivity index (χ1n) is 23.3. The van der Waals surface area contributed by atoms with Crippen molar-refractivity contribution in [1.29, 1.82) is 0 Å². The second-order valence-electron chi connectivity index (χ2n) is 17.6. The molecule has 1 aliphatic heterocycles. The Bertz CT molecular complexity index is 3550. The number of nitrogens with zero attached hydrogens (tertiary/aromatic N) is 2. The lowest BCUT2D eigenvalue weighted by Crippen LogP contribution is -2.28. The first-order valence-corrected chi connectivity index (χ1v) is 23.3. The second kappa shape index (κ2) is 16.2. The van der Waals surface area contributed by atoms with Crippen molar-refractivity contribution in [2.24, 2.45) is 0 Å². The molecule has 320 valence electrons. The smallest absolute Gasteiger partial charge is 0.159 e. The highest BCUT2D eigenvalue weighted by atomic mass is 16.5. The highest BCUT2D eigenvalue weighted by molar-refractivity contribution is 6.11. The Morgan fingerprint density at radius 3 is 1.49 bits per heavy atom. The molecule has 13 rings (SSSR count). The minimum atomic E-state index is -0.556. The van der Waals surface area contributed by atoms with Crippen molar-refractivity contribution in [1.82, 2.24) is 0 Å². The molecule has 0 radical (unpaired) electrons. The molecule has 0 bridgehead atoms. The zero-order valence-electron chi connectivity index (χ0n) is 37.2. The van der Waals surface area contributed by atoms with Crippen molar-refractivity contribution in [3.05, 3.63) is 289 Å². The van der Waals surface area contributed by atoms with Crippen molar-refractivity contribution in [2.45, 2.75) is 5.41 Å². The highest BCUT2D eigenvalue weighted by Crippen LogP contribution is 2.59. The van der Waals surface area contributed by atoms with E-state index in [1.165, 1.54) is 38.9 Å². The second-order valence-corrected chi connectivity index (χ2v) is 17.6. The van der Waals surface area contributed by atoms with Crippen LogP contribution in [-0.4, -0.2) is 0 Å². The average Bonchev–Trinajstić information content (AvgIpc) is 3.71. The van der Waals surface area contributed by atoms with Gasteiger partial charge in [-0.25, -0.2) is 0 Å². The molecule has 0 spiro atoms. The van der Waals surface area contributed by atoms with Gasteiger partial charge in [-0.1, -0.05) is 200 Å². The molecule has 3 nitrogen and oxygen atoms in total. The van der Waals surface area contributed by atoms with E-state index in [0.717, 1.165) is 73.1 Å². The lowest BCUT2D eigenvalue weighted by atomic mass is 9.67. The van der Waals surface area contributed by atoms with E-state index in [2.05, 4.69) is 277 Å². The van der Waals surface area contributed by atoms with E-state index in [4.69, 9.17) is 4.74 Å². The number of hydrogen-bond acceptors (Lipinski definition) is 3. The van der Waals surface area contributed by atoms with Crippen molar-refractivity contribution < 1.29 is 4.74 Å². The summed E-state index contributed by atoms with van der Waals surface area (Å²) in [6, 6.07) is 96.4. The fourth-order valence-corrected chi connectivity index (χ4v) is 11.0. The maximum absolute atomic E-state index is 7.31. The number of para-hydroxylation sites is 3. The zero-order chi connectivity index (χ0) is 45.0. The fourth-order valence-electron chi connectivity index (χ4n) is 11.0. The van der Waals surface area contributed by atoms with Gasteiger partial charge in [-0.15, -0.1) is 0 Å². The quantitative estimate of drug-likeness (QED) is 0.144. The summed E-state index contributed by atoms with van der Waals surface area (Å²) in [6.07, 6.45) is 0. The monoisotopic (exact) mass is 868 g/mol. The summed E-state index contributed by atoms with van der Waals surface area (Å²) in [5, 5.41) is 2.21. The van der Waals surface area contributed by atoms with Gasteiger partial charge in [0.05, 0.1) is 16.8 Å². The Labute approximate surface area is 397 Å². The van der Waals surface area contributed by atoms with Gasteiger partial charge in [0, 0.05) is 39.1 Å². The van der Waals surface area contributed by atoms with Crippen LogP contribution in [0, 0.1) is 0 Å². The van der Waals surface area contributed by atoms with Crippen LogP contribution in [0.3, 0.4) is 0 Å². The summed E-state index contributed by atoms with van der Waals surface area (Å²) in [5.74, 6) is 1.65. The van der Waals surface area contributed by atoms with Crippen LogP contribution < -0.4 is 14.5 Å². The molecule has 0 fully saturated rings. The van der Waals surface area contributed by atoms with Gasteiger partial charge in [-0.05, 0) is 117 Å². The van der Waals surface area contributed by atoms with Crippen LogP contribution >= 0.6 is 0 Å². The molecule has 0 amide bonds. The first kappa shape index (κ1) is 39.4. The highest BCUT2D eigenvalue weighted by Gasteiger charge is 2.46. The van der Waals surface area contributed by atoms with E-state index >= 15 is 0 Å².